The van der Waals surface area contributed by atoms with Gasteiger partial charge >= 0.3 is 12.1 Å². The van der Waals surface area contributed by atoms with Gasteiger partial charge in [0.1, 0.15) is 11.2 Å². The van der Waals surface area contributed by atoms with Crippen LogP contribution in [-0.2, 0) is 11.0 Å². The summed E-state index contributed by atoms with van der Waals surface area (Å²) in [5, 5.41) is 2.42. The molecule has 2 rings (SSSR count). The van der Waals surface area contributed by atoms with Gasteiger partial charge in [-0.25, -0.2) is 15.1 Å². The van der Waals surface area contributed by atoms with Gasteiger partial charge in [-0.3, -0.25) is 0 Å². The first-order chi connectivity index (χ1) is 9.38. The topological polar surface area (TPSA) is 43.2 Å². The number of carbonyl (C=O) groups is 1. The van der Waals surface area contributed by atoms with E-state index in [1.807, 2.05) is 0 Å². The summed E-state index contributed by atoms with van der Waals surface area (Å²) in [6.07, 6.45) is 1.07. The fourth-order valence-electron chi connectivity index (χ4n) is 2.32. The largest absolute Gasteiger partial charge is 0.419 e. The maximum atomic E-state index is 12.5. The third-order valence-electron chi connectivity index (χ3n) is 3.44. The minimum atomic E-state index is -4.47. The summed E-state index contributed by atoms with van der Waals surface area (Å²) >= 11 is 5.77. The Hall–Kier alpha value is -1.30. The van der Waals surface area contributed by atoms with Crippen molar-refractivity contribution in [1.29, 1.82) is 0 Å². The number of halogens is 4. The van der Waals surface area contributed by atoms with Crippen molar-refractivity contribution in [2.45, 2.75) is 38.3 Å². The van der Waals surface area contributed by atoms with Crippen molar-refractivity contribution in [3.63, 3.8) is 0 Å². The van der Waals surface area contributed by atoms with Gasteiger partial charge in [-0.05, 0) is 18.9 Å². The molecule has 1 aromatic heterocycles. The molecule has 0 atom stereocenters. The Morgan fingerprint density at radius 2 is 1.95 bits per heavy atom. The number of carbonyl (C=O) groups excluding carboxylic acids is 1. The van der Waals surface area contributed by atoms with Gasteiger partial charge in [-0.1, -0.05) is 30.9 Å². The highest BCUT2D eigenvalue weighted by molar-refractivity contribution is 6.33. The van der Waals surface area contributed by atoms with Crippen LogP contribution in [-0.4, -0.2) is 5.91 Å². The minimum absolute atomic E-state index is 0.0875. The van der Waals surface area contributed by atoms with Gasteiger partial charge in [0.15, 0.2) is 0 Å². The Balaban J connectivity index is 2.08. The zero-order chi connectivity index (χ0) is 14.8. The first kappa shape index (κ1) is 15.1. The molecule has 1 aliphatic rings. The van der Waals surface area contributed by atoms with E-state index in [1.165, 1.54) is 0 Å². The maximum absolute atomic E-state index is 12.5. The van der Waals surface area contributed by atoms with Gasteiger partial charge in [-0.15, -0.1) is 0 Å². The van der Waals surface area contributed by atoms with E-state index in [4.69, 9.17) is 11.6 Å². The van der Waals surface area contributed by atoms with E-state index >= 15 is 0 Å². The van der Waals surface area contributed by atoms with Crippen molar-refractivity contribution in [2.24, 2.45) is 5.92 Å². The molecular formula is C13H15ClF3N2O+. The molecule has 1 fully saturated rings. The molecule has 0 saturated heterocycles. The van der Waals surface area contributed by atoms with Gasteiger partial charge in [-0.2, -0.15) is 13.2 Å². The van der Waals surface area contributed by atoms with E-state index in [0.29, 0.717) is 0 Å². The van der Waals surface area contributed by atoms with Gasteiger partial charge in [0.2, 0.25) is 0 Å². The average molecular weight is 308 g/mol. The Kier molecular flexibility index (Phi) is 4.52. The second-order valence-corrected chi connectivity index (χ2v) is 5.34. The van der Waals surface area contributed by atoms with Crippen LogP contribution in [0.25, 0.3) is 0 Å². The van der Waals surface area contributed by atoms with Crippen molar-refractivity contribution >= 4 is 23.3 Å². The predicted molar refractivity (Wildman–Crippen MR) is 68.2 cm³/mol. The normalized spacial score (nSPS) is 17.0. The number of aromatic nitrogens is 1. The number of hydrogen-bond donors (Lipinski definition) is 1. The molecule has 2 N–H and O–H groups in total. The van der Waals surface area contributed by atoms with Crippen LogP contribution < -0.4 is 10.3 Å². The highest BCUT2D eigenvalue weighted by atomic mass is 35.5. The molecule has 0 radical (unpaired) electrons. The molecule has 1 aliphatic carbocycles. The molecule has 0 bridgehead atoms. The number of hydrogen-bond acceptors (Lipinski definition) is 1. The number of rotatable bonds is 2. The SMILES string of the molecule is O=C(Nc1[nH+]cc(C(F)(F)F)cc1Cl)C1CCCCC1. The Bertz CT molecular complexity index is 499. The summed E-state index contributed by atoms with van der Waals surface area (Å²) in [4.78, 5) is 14.4. The van der Waals surface area contributed by atoms with Crippen LogP contribution in [0.4, 0.5) is 19.0 Å². The van der Waals surface area contributed by atoms with Crippen molar-refractivity contribution in [3.8, 4) is 0 Å². The molecule has 1 heterocycles. The van der Waals surface area contributed by atoms with Gasteiger partial charge in [0.05, 0.1) is 11.5 Å². The molecule has 0 aromatic carbocycles. The molecule has 1 saturated carbocycles. The van der Waals surface area contributed by atoms with Gasteiger partial charge in [0, 0.05) is 0 Å². The van der Waals surface area contributed by atoms with Crippen LogP contribution in [0.5, 0.6) is 0 Å². The second-order valence-electron chi connectivity index (χ2n) is 4.93. The standard InChI is InChI=1S/C13H14ClF3N2O/c14-10-6-9(13(15,16)17)7-18-11(10)19-12(20)8-4-2-1-3-5-8/h6-8H,1-5H2,(H,18,19,20)/p+1. The number of H-pyrrole nitrogens is 1. The molecule has 0 spiro atoms. The van der Waals surface area contributed by atoms with Crippen molar-refractivity contribution < 1.29 is 22.9 Å². The van der Waals surface area contributed by atoms with Gasteiger partial charge in [0.25, 0.3) is 5.82 Å². The van der Waals surface area contributed by atoms with Crippen LogP contribution in [0.2, 0.25) is 5.02 Å². The van der Waals surface area contributed by atoms with Crippen LogP contribution in [0.1, 0.15) is 37.7 Å². The first-order valence-electron chi connectivity index (χ1n) is 6.47. The summed E-state index contributed by atoms with van der Waals surface area (Å²) in [5.41, 5.74) is -0.877. The van der Waals surface area contributed by atoms with Crippen LogP contribution in [0.15, 0.2) is 12.3 Å². The van der Waals surface area contributed by atoms with Crippen molar-refractivity contribution in [3.05, 3.63) is 22.8 Å². The van der Waals surface area contributed by atoms with Crippen LogP contribution in [0.3, 0.4) is 0 Å². The summed E-state index contributed by atoms with van der Waals surface area (Å²) in [6, 6.07) is 0.800. The quantitative estimate of drug-likeness (QED) is 0.889. The lowest BCUT2D eigenvalue weighted by Crippen LogP contribution is -2.28. The molecule has 7 heteroatoms. The first-order valence-corrected chi connectivity index (χ1v) is 6.85. The van der Waals surface area contributed by atoms with Crippen molar-refractivity contribution in [1.82, 2.24) is 0 Å². The van der Waals surface area contributed by atoms with Crippen LogP contribution >= 0.6 is 11.6 Å². The number of pyridine rings is 1. The molecular weight excluding hydrogens is 293 g/mol. The van der Waals surface area contributed by atoms with E-state index in [1.54, 1.807) is 0 Å². The molecule has 1 amide bonds. The number of anilines is 1. The second kappa shape index (κ2) is 5.99. The lowest BCUT2D eigenvalue weighted by atomic mass is 9.89. The maximum Gasteiger partial charge on any atom is 0.419 e. The molecule has 110 valence electrons. The number of aromatic amines is 1. The van der Waals surface area contributed by atoms with E-state index in [0.717, 1.165) is 44.4 Å². The molecule has 0 unspecified atom stereocenters. The summed E-state index contributed by atoms with van der Waals surface area (Å²) < 4.78 is 37.5. The fourth-order valence-corrected chi connectivity index (χ4v) is 2.54. The Morgan fingerprint density at radius 3 is 2.50 bits per heavy atom. The zero-order valence-corrected chi connectivity index (χ0v) is 11.4. The van der Waals surface area contributed by atoms with Gasteiger partial charge < -0.3 is 0 Å². The van der Waals surface area contributed by atoms with Crippen LogP contribution in [0, 0.1) is 5.92 Å². The highest BCUT2D eigenvalue weighted by Crippen LogP contribution is 2.31. The summed E-state index contributed by atoms with van der Waals surface area (Å²) in [7, 11) is 0. The molecule has 3 nitrogen and oxygen atoms in total. The average Bonchev–Trinajstić information content (AvgIpc) is 2.41. The van der Waals surface area contributed by atoms with E-state index < -0.39 is 11.7 Å². The minimum Gasteiger partial charge on any atom is -0.247 e. The summed E-state index contributed by atoms with van der Waals surface area (Å²) in [5.74, 6) is -0.173. The lowest BCUT2D eigenvalue weighted by Gasteiger charge is -2.18. The van der Waals surface area contributed by atoms with E-state index in [2.05, 4.69) is 10.3 Å². The lowest BCUT2D eigenvalue weighted by molar-refractivity contribution is -0.364. The third kappa shape index (κ3) is 3.62. The number of alkyl halides is 3. The van der Waals surface area contributed by atoms with E-state index in [-0.39, 0.29) is 22.7 Å². The number of amides is 1. The molecule has 1 aromatic rings. The molecule has 0 aliphatic heterocycles. The predicted octanol–water partition coefficient (Wildman–Crippen LogP) is 3.69. The Labute approximate surface area is 119 Å². The highest BCUT2D eigenvalue weighted by Gasteiger charge is 2.33. The molecule has 20 heavy (non-hydrogen) atoms. The van der Waals surface area contributed by atoms with E-state index in [9.17, 15) is 18.0 Å². The Morgan fingerprint density at radius 1 is 1.30 bits per heavy atom. The smallest absolute Gasteiger partial charge is 0.247 e. The fraction of sp³-hybridized carbons (Fsp3) is 0.538. The third-order valence-corrected chi connectivity index (χ3v) is 3.74. The number of nitrogens with one attached hydrogen (secondary N) is 2. The summed E-state index contributed by atoms with van der Waals surface area (Å²) in [6.45, 7) is 0. The van der Waals surface area contributed by atoms with Crippen molar-refractivity contribution in [2.75, 3.05) is 5.32 Å². The monoisotopic (exact) mass is 307 g/mol. The zero-order valence-electron chi connectivity index (χ0n) is 10.7.